The number of nitrogens with zero attached hydrogens (tertiary/aromatic N) is 4. The fourth-order valence-electron chi connectivity index (χ4n) is 3.86. The lowest BCUT2D eigenvalue weighted by atomic mass is 10.1. The number of aryl methyl sites for hydroxylation is 1. The van der Waals surface area contributed by atoms with Crippen LogP contribution >= 0.6 is 0 Å². The predicted octanol–water partition coefficient (Wildman–Crippen LogP) is 1.69. The van der Waals surface area contributed by atoms with Gasteiger partial charge in [0.2, 0.25) is 5.78 Å². The third-order valence-corrected chi connectivity index (χ3v) is 5.39. The fraction of sp³-hybridized carbons (Fsp3) is 0.375. The highest BCUT2D eigenvalue weighted by atomic mass is 16.7. The van der Waals surface area contributed by atoms with E-state index in [1.807, 2.05) is 6.92 Å². The zero-order valence-electron chi connectivity index (χ0n) is 22.2. The second kappa shape index (κ2) is 10.2. The predicted molar refractivity (Wildman–Crippen MR) is 122 cm³/mol. The monoisotopic (exact) mass is 499 g/mol. The van der Waals surface area contributed by atoms with E-state index in [1.54, 1.807) is 24.3 Å². The van der Waals surface area contributed by atoms with Gasteiger partial charge in [-0.25, -0.2) is 15.0 Å². The SMILES string of the molecule is [2H]CC(=O)OC[C@H]1OC(n2cnc3c(C(=O)c4ccc(C)cc4)ncnc32)[C@H](OC(=O)C[2H])[C@@H]1OC(=O)C[2H]. The molecule has 0 radical (unpaired) electrons. The molecule has 12 nitrogen and oxygen atoms in total. The minimum absolute atomic E-state index is 0.0124. The van der Waals surface area contributed by atoms with Crippen molar-refractivity contribution in [1.29, 1.82) is 0 Å². The molecule has 3 heterocycles. The van der Waals surface area contributed by atoms with E-state index in [0.717, 1.165) is 11.9 Å². The zero-order chi connectivity index (χ0) is 28.1. The molecule has 0 bridgehead atoms. The average molecular weight is 499 g/mol. The third kappa shape index (κ3) is 5.08. The first-order valence-electron chi connectivity index (χ1n) is 12.8. The van der Waals surface area contributed by atoms with Gasteiger partial charge in [-0.1, -0.05) is 29.8 Å². The number of carbonyl (C=O) groups is 4. The fourth-order valence-corrected chi connectivity index (χ4v) is 3.86. The van der Waals surface area contributed by atoms with Gasteiger partial charge in [0.05, 0.1) is 6.33 Å². The first-order chi connectivity index (χ1) is 18.8. The van der Waals surface area contributed by atoms with Crippen molar-refractivity contribution in [3.05, 3.63) is 53.7 Å². The Labute approximate surface area is 209 Å². The van der Waals surface area contributed by atoms with Gasteiger partial charge in [0.25, 0.3) is 0 Å². The van der Waals surface area contributed by atoms with Gasteiger partial charge in [0, 0.05) is 30.4 Å². The molecule has 0 N–H and O–H groups in total. The summed E-state index contributed by atoms with van der Waals surface area (Å²) in [6, 6.07) is 6.89. The number of fused-ring (bicyclic) bond motifs is 1. The summed E-state index contributed by atoms with van der Waals surface area (Å²) < 4.78 is 44.8. The summed E-state index contributed by atoms with van der Waals surface area (Å²) in [5.41, 5.74) is 1.62. The lowest BCUT2D eigenvalue weighted by molar-refractivity contribution is -0.166. The number of rotatable bonds is 7. The van der Waals surface area contributed by atoms with Crippen molar-refractivity contribution in [3.8, 4) is 0 Å². The minimum Gasteiger partial charge on any atom is -0.463 e. The van der Waals surface area contributed by atoms with Crippen molar-refractivity contribution < 1.29 is 42.2 Å². The van der Waals surface area contributed by atoms with Crippen molar-refractivity contribution in [2.45, 2.75) is 52.2 Å². The van der Waals surface area contributed by atoms with E-state index in [0.29, 0.717) is 5.56 Å². The molecular formula is C24H24N4O8. The molecule has 4 rings (SSSR count). The van der Waals surface area contributed by atoms with Gasteiger partial charge in [-0.2, -0.15) is 0 Å². The summed E-state index contributed by atoms with van der Waals surface area (Å²) in [4.78, 5) is 61.6. The first kappa shape index (κ1) is 21.1. The molecule has 1 aliphatic heterocycles. The molecule has 2 aromatic heterocycles. The molecule has 4 atom stereocenters. The lowest BCUT2D eigenvalue weighted by Crippen LogP contribution is -2.40. The molecular weight excluding hydrogens is 472 g/mol. The van der Waals surface area contributed by atoms with Crippen LogP contribution in [0.4, 0.5) is 0 Å². The van der Waals surface area contributed by atoms with Crippen LogP contribution in [0.5, 0.6) is 0 Å². The van der Waals surface area contributed by atoms with Crippen LogP contribution in [0, 0.1) is 6.92 Å². The largest absolute Gasteiger partial charge is 0.463 e. The van der Waals surface area contributed by atoms with Gasteiger partial charge in [0.15, 0.2) is 24.1 Å². The number of ketones is 1. The van der Waals surface area contributed by atoms with E-state index in [-0.39, 0.29) is 16.9 Å². The van der Waals surface area contributed by atoms with Crippen molar-refractivity contribution in [2.24, 2.45) is 0 Å². The molecule has 12 heteroatoms. The Morgan fingerprint density at radius 3 is 2.36 bits per heavy atom. The molecule has 36 heavy (non-hydrogen) atoms. The average Bonchev–Trinajstić information content (AvgIpc) is 3.52. The molecule has 0 saturated carbocycles. The van der Waals surface area contributed by atoms with E-state index in [9.17, 15) is 19.2 Å². The van der Waals surface area contributed by atoms with E-state index in [1.165, 1.54) is 10.9 Å². The summed E-state index contributed by atoms with van der Waals surface area (Å²) >= 11 is 0. The van der Waals surface area contributed by atoms with E-state index >= 15 is 0 Å². The van der Waals surface area contributed by atoms with Crippen LogP contribution in [0.3, 0.4) is 0 Å². The Morgan fingerprint density at radius 2 is 1.67 bits per heavy atom. The Bertz CT molecular complexity index is 1380. The van der Waals surface area contributed by atoms with Gasteiger partial charge in [0.1, 0.15) is 30.2 Å². The van der Waals surface area contributed by atoms with Crippen LogP contribution in [0.1, 0.15) is 52.7 Å². The van der Waals surface area contributed by atoms with E-state index in [4.69, 9.17) is 23.1 Å². The molecule has 0 spiro atoms. The van der Waals surface area contributed by atoms with Gasteiger partial charge in [-0.3, -0.25) is 23.7 Å². The normalized spacial score (nSPS) is 22.3. The van der Waals surface area contributed by atoms with Gasteiger partial charge >= 0.3 is 17.9 Å². The Kier molecular flexibility index (Phi) is 5.98. The van der Waals surface area contributed by atoms with E-state index in [2.05, 4.69) is 15.0 Å². The molecule has 1 saturated heterocycles. The van der Waals surface area contributed by atoms with Crippen molar-refractivity contribution in [1.82, 2.24) is 19.5 Å². The van der Waals surface area contributed by atoms with Crippen LogP contribution in [0.25, 0.3) is 11.2 Å². The third-order valence-electron chi connectivity index (χ3n) is 5.39. The molecule has 3 aromatic rings. The Morgan fingerprint density at radius 1 is 0.972 bits per heavy atom. The number of esters is 3. The molecule has 1 aliphatic rings. The van der Waals surface area contributed by atoms with Crippen LogP contribution in [0.15, 0.2) is 36.9 Å². The summed E-state index contributed by atoms with van der Waals surface area (Å²) in [6.07, 6.45) is -2.67. The quantitative estimate of drug-likeness (QED) is 0.265. The maximum atomic E-state index is 13.2. The van der Waals surface area contributed by atoms with Crippen molar-refractivity contribution >= 4 is 34.9 Å². The second-order valence-electron chi connectivity index (χ2n) is 7.90. The first-order valence-corrected chi connectivity index (χ1v) is 10.6. The highest BCUT2D eigenvalue weighted by Crippen LogP contribution is 2.36. The number of aromatic nitrogens is 4. The number of ether oxygens (including phenoxy) is 4. The smallest absolute Gasteiger partial charge is 0.303 e. The number of hydrogen-bond donors (Lipinski definition) is 0. The van der Waals surface area contributed by atoms with Crippen LogP contribution in [-0.4, -0.2) is 68.1 Å². The highest BCUT2D eigenvalue weighted by molar-refractivity contribution is 6.13. The number of benzene rings is 1. The molecule has 188 valence electrons. The standard InChI is InChI=1S/C24H24N4O8/c1-12-5-7-16(8-6-12)20(32)18-19-23(26-10-25-18)28(11-27-19)24-22(35-15(4)31)21(34-14(3)30)17(36-24)9-33-13(2)29/h5-8,10-11,17,21-22,24H,9H2,1-4H3/t17-,21-,22-,24?/m1/s1/i2D,3D,4D. The minimum atomic E-state index is -1.36. The van der Waals surface area contributed by atoms with Gasteiger partial charge in [-0.15, -0.1) is 0 Å². The summed E-state index contributed by atoms with van der Waals surface area (Å²) in [6.45, 7) is -0.725. The Balaban J connectivity index is 1.74. The van der Waals surface area contributed by atoms with E-state index < -0.39 is 75.5 Å². The van der Waals surface area contributed by atoms with Gasteiger partial charge < -0.3 is 18.9 Å². The molecule has 0 aliphatic carbocycles. The maximum Gasteiger partial charge on any atom is 0.303 e. The van der Waals surface area contributed by atoms with Crippen molar-refractivity contribution in [2.75, 3.05) is 6.61 Å². The lowest BCUT2D eigenvalue weighted by Gasteiger charge is -2.23. The maximum absolute atomic E-state index is 13.2. The molecule has 1 fully saturated rings. The summed E-state index contributed by atoms with van der Waals surface area (Å²) in [5.74, 6) is -3.19. The van der Waals surface area contributed by atoms with Gasteiger partial charge in [-0.05, 0) is 6.92 Å². The van der Waals surface area contributed by atoms with Crippen LogP contribution in [0.2, 0.25) is 0 Å². The summed E-state index contributed by atoms with van der Waals surface area (Å²) in [5, 5.41) is 0. The number of hydrogen-bond acceptors (Lipinski definition) is 11. The summed E-state index contributed by atoms with van der Waals surface area (Å²) in [7, 11) is 0. The highest BCUT2D eigenvalue weighted by Gasteiger charge is 2.51. The van der Waals surface area contributed by atoms with Crippen molar-refractivity contribution in [3.63, 3.8) is 0 Å². The zero-order valence-corrected chi connectivity index (χ0v) is 19.2. The van der Waals surface area contributed by atoms with Crippen LogP contribution < -0.4 is 0 Å². The Hall–Kier alpha value is -4.19. The number of imidazole rings is 1. The second-order valence-corrected chi connectivity index (χ2v) is 7.90. The van der Waals surface area contributed by atoms with Crippen LogP contribution in [-0.2, 0) is 33.3 Å². The molecule has 0 amide bonds. The molecule has 1 unspecified atom stereocenters. The number of carbonyl (C=O) groups excluding carboxylic acids is 4. The molecule has 1 aromatic carbocycles. The topological polar surface area (TPSA) is 149 Å².